The molecule has 0 radical (unpaired) electrons. The number of amides is 1. The Morgan fingerprint density at radius 2 is 1.97 bits per heavy atom. The van der Waals surface area contributed by atoms with Crippen molar-refractivity contribution in [2.75, 3.05) is 25.8 Å². The molecule has 10 heteroatoms. The third kappa shape index (κ3) is 6.19. The van der Waals surface area contributed by atoms with E-state index >= 15 is 0 Å². The zero-order valence-corrected chi connectivity index (χ0v) is 20.9. The van der Waals surface area contributed by atoms with Gasteiger partial charge in [0.25, 0.3) is 0 Å². The number of carbonyl (C=O) groups excluding carboxylic acids is 1. The summed E-state index contributed by atoms with van der Waals surface area (Å²) in [6.45, 7) is 6.65. The molecule has 0 aliphatic carbocycles. The zero-order chi connectivity index (χ0) is 24.8. The quantitative estimate of drug-likeness (QED) is 0.342. The van der Waals surface area contributed by atoms with Crippen molar-refractivity contribution in [2.24, 2.45) is 0 Å². The van der Waals surface area contributed by atoms with Crippen molar-refractivity contribution >= 4 is 17.7 Å². The number of aromatic nitrogens is 3. The van der Waals surface area contributed by atoms with Crippen LogP contribution in [-0.4, -0.2) is 45.6 Å². The Kier molecular flexibility index (Phi) is 8.38. The fourth-order valence-corrected chi connectivity index (χ4v) is 4.11. The molecule has 0 aliphatic rings. The number of aryl methyl sites for hydroxylation is 1. The van der Waals surface area contributed by atoms with Crippen LogP contribution in [0.4, 0.5) is 4.39 Å². The van der Waals surface area contributed by atoms with Crippen molar-refractivity contribution in [3.05, 3.63) is 64.7 Å². The Morgan fingerprint density at radius 1 is 1.21 bits per heavy atom. The Labute approximate surface area is 203 Å². The smallest absolute Gasteiger partial charge is 0.233 e. The second kappa shape index (κ2) is 11.2. The maximum absolute atomic E-state index is 13.9. The molecule has 0 bridgehead atoms. The number of methoxy groups -OCH3 is 1. The van der Waals surface area contributed by atoms with Crippen LogP contribution in [0.1, 0.15) is 42.3 Å². The molecule has 1 amide bonds. The van der Waals surface area contributed by atoms with Crippen LogP contribution in [0.15, 0.2) is 41.6 Å². The first-order valence-corrected chi connectivity index (χ1v) is 11.8. The monoisotopic (exact) mass is 487 g/mol. The lowest BCUT2D eigenvalue weighted by Crippen LogP contribution is -2.28. The summed E-state index contributed by atoms with van der Waals surface area (Å²) >= 11 is 1.18. The zero-order valence-electron chi connectivity index (χ0n) is 20.0. The van der Waals surface area contributed by atoms with Gasteiger partial charge >= 0.3 is 0 Å². The van der Waals surface area contributed by atoms with Gasteiger partial charge in [-0.05, 0) is 47.7 Å². The van der Waals surface area contributed by atoms with Crippen LogP contribution >= 0.6 is 11.8 Å². The van der Waals surface area contributed by atoms with E-state index < -0.39 is 5.82 Å². The molecule has 0 saturated carbocycles. The van der Waals surface area contributed by atoms with Gasteiger partial charge < -0.3 is 20.2 Å². The van der Waals surface area contributed by atoms with E-state index in [9.17, 15) is 9.18 Å². The van der Waals surface area contributed by atoms with E-state index in [1.54, 1.807) is 19.2 Å². The predicted molar refractivity (Wildman–Crippen MR) is 130 cm³/mol. The SMILES string of the molecule is COc1ccc(CN(C)C(=O)CSc2nnc(COc3cc(C)ccc3C(C)C)n2N)cc1F. The number of rotatable bonds is 10. The van der Waals surface area contributed by atoms with Crippen molar-refractivity contribution < 1.29 is 18.7 Å². The van der Waals surface area contributed by atoms with E-state index in [0.717, 1.165) is 16.9 Å². The van der Waals surface area contributed by atoms with Crippen LogP contribution in [0.2, 0.25) is 0 Å². The molecule has 0 atom stereocenters. The number of nitrogens with two attached hydrogens (primary N) is 1. The number of ether oxygens (including phenoxy) is 2. The van der Waals surface area contributed by atoms with Gasteiger partial charge in [0.2, 0.25) is 11.1 Å². The molecule has 0 fully saturated rings. The second-order valence-corrected chi connectivity index (χ2v) is 9.20. The summed E-state index contributed by atoms with van der Waals surface area (Å²) in [5.41, 5.74) is 2.87. The van der Waals surface area contributed by atoms with Gasteiger partial charge in [0.1, 0.15) is 12.4 Å². The van der Waals surface area contributed by atoms with E-state index in [0.29, 0.717) is 22.5 Å². The van der Waals surface area contributed by atoms with Gasteiger partial charge in [-0.2, -0.15) is 0 Å². The average molecular weight is 488 g/mol. The highest BCUT2D eigenvalue weighted by molar-refractivity contribution is 7.99. The van der Waals surface area contributed by atoms with Crippen LogP contribution in [0.3, 0.4) is 0 Å². The number of halogens is 1. The largest absolute Gasteiger partial charge is 0.494 e. The number of hydrogen-bond acceptors (Lipinski definition) is 7. The lowest BCUT2D eigenvalue weighted by Gasteiger charge is -2.17. The molecule has 2 N–H and O–H groups in total. The summed E-state index contributed by atoms with van der Waals surface area (Å²) in [7, 11) is 3.07. The molecular weight excluding hydrogens is 457 g/mol. The average Bonchev–Trinajstić information content (AvgIpc) is 3.15. The number of hydrogen-bond donors (Lipinski definition) is 1. The molecule has 0 unspecified atom stereocenters. The van der Waals surface area contributed by atoms with E-state index in [1.165, 1.54) is 34.5 Å². The first-order valence-electron chi connectivity index (χ1n) is 10.8. The fraction of sp³-hybridized carbons (Fsp3) is 0.375. The fourth-order valence-electron chi connectivity index (χ4n) is 3.30. The van der Waals surface area contributed by atoms with Gasteiger partial charge in [-0.3, -0.25) is 4.79 Å². The molecule has 8 nitrogen and oxygen atoms in total. The number of carbonyl (C=O) groups is 1. The molecule has 3 rings (SSSR count). The van der Waals surface area contributed by atoms with Gasteiger partial charge in [0.05, 0.1) is 12.9 Å². The highest BCUT2D eigenvalue weighted by Crippen LogP contribution is 2.28. The molecule has 0 saturated heterocycles. The van der Waals surface area contributed by atoms with Crippen molar-refractivity contribution in [3.8, 4) is 11.5 Å². The number of benzene rings is 2. The van der Waals surface area contributed by atoms with Crippen molar-refractivity contribution in [2.45, 2.75) is 45.0 Å². The summed E-state index contributed by atoms with van der Waals surface area (Å²) in [5.74, 6) is 7.36. The minimum atomic E-state index is -0.465. The highest BCUT2D eigenvalue weighted by Gasteiger charge is 2.17. The third-order valence-corrected chi connectivity index (χ3v) is 6.20. The molecule has 0 spiro atoms. The summed E-state index contributed by atoms with van der Waals surface area (Å²) < 4.78 is 26.1. The molecule has 34 heavy (non-hydrogen) atoms. The van der Waals surface area contributed by atoms with Gasteiger partial charge in [-0.15, -0.1) is 10.2 Å². The van der Waals surface area contributed by atoms with Crippen LogP contribution in [0, 0.1) is 12.7 Å². The molecule has 3 aromatic rings. The molecule has 0 aliphatic heterocycles. The maximum Gasteiger partial charge on any atom is 0.233 e. The number of nitrogen functional groups attached to an aromatic ring is 1. The van der Waals surface area contributed by atoms with Crippen LogP contribution in [-0.2, 0) is 17.9 Å². The lowest BCUT2D eigenvalue weighted by atomic mass is 10.0. The van der Waals surface area contributed by atoms with E-state index in [1.807, 2.05) is 13.0 Å². The second-order valence-electron chi connectivity index (χ2n) is 8.26. The van der Waals surface area contributed by atoms with Gasteiger partial charge in [-0.25, -0.2) is 9.07 Å². The minimum Gasteiger partial charge on any atom is -0.494 e. The van der Waals surface area contributed by atoms with E-state index in [4.69, 9.17) is 15.3 Å². The Balaban J connectivity index is 1.56. The summed E-state index contributed by atoms with van der Waals surface area (Å²) in [6.07, 6.45) is 0. The Morgan fingerprint density at radius 3 is 2.65 bits per heavy atom. The first-order chi connectivity index (χ1) is 16.2. The summed E-state index contributed by atoms with van der Waals surface area (Å²) in [5, 5.41) is 8.60. The topological polar surface area (TPSA) is 95.5 Å². The maximum atomic E-state index is 13.9. The van der Waals surface area contributed by atoms with Crippen molar-refractivity contribution in [3.63, 3.8) is 0 Å². The van der Waals surface area contributed by atoms with Crippen LogP contribution < -0.4 is 15.3 Å². The number of nitrogens with zero attached hydrogens (tertiary/aromatic N) is 4. The predicted octanol–water partition coefficient (Wildman–Crippen LogP) is 3.90. The normalized spacial score (nSPS) is 11.0. The molecule has 2 aromatic carbocycles. The highest BCUT2D eigenvalue weighted by atomic mass is 32.2. The minimum absolute atomic E-state index is 0.112. The van der Waals surface area contributed by atoms with E-state index in [2.05, 4.69) is 36.2 Å². The van der Waals surface area contributed by atoms with Crippen LogP contribution in [0.25, 0.3) is 0 Å². The third-order valence-electron chi connectivity index (χ3n) is 5.27. The molecule has 1 aromatic heterocycles. The first kappa shape index (κ1) is 25.4. The Hall–Kier alpha value is -3.27. The summed E-state index contributed by atoms with van der Waals surface area (Å²) in [4.78, 5) is 14.1. The van der Waals surface area contributed by atoms with Crippen molar-refractivity contribution in [1.82, 2.24) is 19.8 Å². The van der Waals surface area contributed by atoms with Crippen molar-refractivity contribution in [1.29, 1.82) is 0 Å². The standard InChI is InChI=1S/C24H30FN5O3S/c1-15(2)18-8-6-16(3)10-21(18)33-13-22-27-28-24(30(22)26)34-14-23(31)29(4)12-17-7-9-20(32-5)19(25)11-17/h6-11,15H,12-14,26H2,1-5H3. The molecule has 1 heterocycles. The van der Waals surface area contributed by atoms with Gasteiger partial charge in [-0.1, -0.05) is 43.8 Å². The van der Waals surface area contributed by atoms with Gasteiger partial charge in [0.15, 0.2) is 17.4 Å². The van der Waals surface area contributed by atoms with E-state index in [-0.39, 0.29) is 30.6 Å². The molecule has 182 valence electrons. The van der Waals surface area contributed by atoms with Crippen LogP contribution in [0.5, 0.6) is 11.5 Å². The van der Waals surface area contributed by atoms with Gasteiger partial charge in [0, 0.05) is 13.6 Å². The molecular formula is C24H30FN5O3S. The number of thioether (sulfide) groups is 1. The Bertz CT molecular complexity index is 1150. The summed E-state index contributed by atoms with van der Waals surface area (Å²) in [6, 6.07) is 10.7. The lowest BCUT2D eigenvalue weighted by molar-refractivity contribution is -0.127.